The molecule has 0 bridgehead atoms. The first kappa shape index (κ1) is 13.7. The van der Waals surface area contributed by atoms with Gasteiger partial charge in [-0.1, -0.05) is 0 Å². The quantitative estimate of drug-likeness (QED) is 0.786. The van der Waals surface area contributed by atoms with Gasteiger partial charge in [0.05, 0.1) is 12.2 Å². The van der Waals surface area contributed by atoms with Gasteiger partial charge in [0.15, 0.2) is 5.60 Å². The van der Waals surface area contributed by atoms with E-state index in [1.54, 1.807) is 0 Å². The molecule has 16 heavy (non-hydrogen) atoms. The fourth-order valence-corrected chi connectivity index (χ4v) is 1.66. The molecule has 0 aliphatic carbocycles. The standard InChI is InChI=1S/C10H18F3NO2/c1-8(2,15)7-16-9(10(11,12)13)3-5-14-6-4-9/h14-15H,3-7H2,1-2H3. The van der Waals surface area contributed by atoms with Gasteiger partial charge in [-0.2, -0.15) is 13.2 Å². The van der Waals surface area contributed by atoms with Crippen LogP contribution in [0.4, 0.5) is 13.2 Å². The SMILES string of the molecule is CC(C)(O)COC1(C(F)(F)F)CCNCC1. The Kier molecular flexibility index (Phi) is 3.87. The van der Waals surface area contributed by atoms with Crippen LogP contribution in [0.15, 0.2) is 0 Å². The summed E-state index contributed by atoms with van der Waals surface area (Å²) in [5.74, 6) is 0. The Hall–Kier alpha value is -0.330. The molecule has 1 aliphatic rings. The predicted octanol–water partition coefficient (Wildman–Crippen LogP) is 1.46. The summed E-state index contributed by atoms with van der Waals surface area (Å²) in [5.41, 5.74) is -3.35. The van der Waals surface area contributed by atoms with E-state index in [0.29, 0.717) is 0 Å². The van der Waals surface area contributed by atoms with Crippen LogP contribution in [0, 0.1) is 0 Å². The molecule has 0 spiro atoms. The lowest BCUT2D eigenvalue weighted by Gasteiger charge is -2.40. The minimum Gasteiger partial charge on any atom is -0.388 e. The first-order valence-corrected chi connectivity index (χ1v) is 5.30. The van der Waals surface area contributed by atoms with Gasteiger partial charge in [-0.3, -0.25) is 0 Å². The summed E-state index contributed by atoms with van der Waals surface area (Å²) in [5, 5.41) is 12.3. The second kappa shape index (κ2) is 4.50. The van der Waals surface area contributed by atoms with E-state index in [4.69, 9.17) is 4.74 Å². The number of alkyl halides is 3. The monoisotopic (exact) mass is 241 g/mol. The molecule has 0 radical (unpaired) electrons. The Morgan fingerprint density at radius 2 is 1.75 bits per heavy atom. The molecule has 2 N–H and O–H groups in total. The van der Waals surface area contributed by atoms with Crippen molar-refractivity contribution in [2.24, 2.45) is 0 Å². The number of ether oxygens (including phenoxy) is 1. The summed E-state index contributed by atoms with van der Waals surface area (Å²) >= 11 is 0. The van der Waals surface area contributed by atoms with Crippen molar-refractivity contribution < 1.29 is 23.0 Å². The largest absolute Gasteiger partial charge is 0.417 e. The molecule has 0 aromatic rings. The molecular weight excluding hydrogens is 223 g/mol. The molecule has 1 aliphatic heterocycles. The third kappa shape index (κ3) is 3.33. The molecular formula is C10H18F3NO2. The van der Waals surface area contributed by atoms with Crippen LogP contribution >= 0.6 is 0 Å². The molecule has 3 nitrogen and oxygen atoms in total. The maximum Gasteiger partial charge on any atom is 0.417 e. The van der Waals surface area contributed by atoms with Gasteiger partial charge in [-0.05, 0) is 39.8 Å². The fraction of sp³-hybridized carbons (Fsp3) is 1.00. The molecule has 0 unspecified atom stereocenters. The smallest absolute Gasteiger partial charge is 0.388 e. The lowest BCUT2D eigenvalue weighted by atomic mass is 9.91. The van der Waals surface area contributed by atoms with Gasteiger partial charge in [-0.25, -0.2) is 0 Å². The Bertz CT molecular complexity index is 229. The van der Waals surface area contributed by atoms with E-state index in [9.17, 15) is 18.3 Å². The normalized spacial score (nSPS) is 22.1. The highest BCUT2D eigenvalue weighted by molar-refractivity contribution is 4.93. The highest BCUT2D eigenvalue weighted by atomic mass is 19.4. The number of hydrogen-bond acceptors (Lipinski definition) is 3. The molecule has 1 heterocycles. The summed E-state index contributed by atoms with van der Waals surface area (Å²) in [6.45, 7) is 3.11. The van der Waals surface area contributed by atoms with E-state index in [2.05, 4.69) is 5.32 Å². The Balaban J connectivity index is 2.72. The Morgan fingerprint density at radius 1 is 1.25 bits per heavy atom. The van der Waals surface area contributed by atoms with Crippen molar-refractivity contribution in [3.63, 3.8) is 0 Å². The average molecular weight is 241 g/mol. The van der Waals surface area contributed by atoms with Crippen molar-refractivity contribution in [3.05, 3.63) is 0 Å². The van der Waals surface area contributed by atoms with Crippen LogP contribution in [0.3, 0.4) is 0 Å². The Morgan fingerprint density at radius 3 is 2.12 bits per heavy atom. The van der Waals surface area contributed by atoms with Gasteiger partial charge in [-0.15, -0.1) is 0 Å². The molecule has 6 heteroatoms. The van der Waals surface area contributed by atoms with Crippen molar-refractivity contribution in [2.75, 3.05) is 19.7 Å². The number of rotatable bonds is 3. The van der Waals surface area contributed by atoms with Crippen molar-refractivity contribution in [1.82, 2.24) is 5.32 Å². The number of aliphatic hydroxyl groups is 1. The minimum atomic E-state index is -4.39. The van der Waals surface area contributed by atoms with Gasteiger partial charge in [0, 0.05) is 0 Å². The first-order valence-electron chi connectivity index (χ1n) is 5.30. The highest BCUT2D eigenvalue weighted by Crippen LogP contribution is 2.40. The van der Waals surface area contributed by atoms with Gasteiger partial charge >= 0.3 is 6.18 Å². The summed E-state index contributed by atoms with van der Waals surface area (Å²) in [7, 11) is 0. The van der Waals surface area contributed by atoms with Crippen molar-refractivity contribution in [2.45, 2.75) is 44.1 Å². The van der Waals surface area contributed by atoms with Crippen molar-refractivity contribution >= 4 is 0 Å². The first-order chi connectivity index (χ1) is 7.16. The van der Waals surface area contributed by atoms with Gasteiger partial charge in [0.25, 0.3) is 0 Å². The maximum atomic E-state index is 12.9. The summed E-state index contributed by atoms with van der Waals surface area (Å²) < 4.78 is 43.8. The van der Waals surface area contributed by atoms with Gasteiger partial charge in [0.2, 0.25) is 0 Å². The molecule has 96 valence electrons. The van der Waals surface area contributed by atoms with E-state index >= 15 is 0 Å². The minimum absolute atomic E-state index is 0.105. The number of nitrogens with one attached hydrogen (secondary N) is 1. The zero-order chi connectivity index (χ0) is 12.4. The second-order valence-corrected chi connectivity index (χ2v) is 4.84. The van der Waals surface area contributed by atoms with E-state index < -0.39 is 17.4 Å². The van der Waals surface area contributed by atoms with E-state index in [-0.39, 0.29) is 32.5 Å². The number of hydrogen-bond donors (Lipinski definition) is 2. The summed E-state index contributed by atoms with van der Waals surface area (Å²) in [4.78, 5) is 0. The molecule has 0 atom stereocenters. The number of halogens is 3. The highest BCUT2D eigenvalue weighted by Gasteiger charge is 2.56. The molecule has 1 saturated heterocycles. The van der Waals surface area contributed by atoms with Gasteiger partial charge < -0.3 is 15.2 Å². The molecule has 0 aromatic heterocycles. The Labute approximate surface area is 93.0 Å². The summed E-state index contributed by atoms with van der Waals surface area (Å²) in [6, 6.07) is 0. The average Bonchev–Trinajstić information content (AvgIpc) is 2.13. The zero-order valence-electron chi connectivity index (χ0n) is 9.52. The zero-order valence-corrected chi connectivity index (χ0v) is 9.52. The maximum absolute atomic E-state index is 12.9. The van der Waals surface area contributed by atoms with Crippen LogP contribution < -0.4 is 5.32 Å². The molecule has 1 rings (SSSR count). The molecule has 0 saturated carbocycles. The van der Waals surface area contributed by atoms with Crippen LogP contribution in [0.2, 0.25) is 0 Å². The van der Waals surface area contributed by atoms with E-state index in [1.807, 2.05) is 0 Å². The second-order valence-electron chi connectivity index (χ2n) is 4.84. The molecule has 0 amide bonds. The fourth-order valence-electron chi connectivity index (χ4n) is 1.66. The third-order valence-electron chi connectivity index (χ3n) is 2.63. The van der Waals surface area contributed by atoms with Crippen molar-refractivity contribution in [3.8, 4) is 0 Å². The van der Waals surface area contributed by atoms with Gasteiger partial charge in [0.1, 0.15) is 0 Å². The lowest BCUT2D eigenvalue weighted by molar-refractivity contribution is -0.294. The predicted molar refractivity (Wildman–Crippen MR) is 53.1 cm³/mol. The van der Waals surface area contributed by atoms with Crippen LogP contribution in [0.5, 0.6) is 0 Å². The van der Waals surface area contributed by atoms with Crippen LogP contribution in [0.1, 0.15) is 26.7 Å². The van der Waals surface area contributed by atoms with E-state index in [0.717, 1.165) is 0 Å². The van der Waals surface area contributed by atoms with Crippen molar-refractivity contribution in [1.29, 1.82) is 0 Å². The molecule has 0 aromatic carbocycles. The third-order valence-corrected chi connectivity index (χ3v) is 2.63. The van der Waals surface area contributed by atoms with Crippen LogP contribution in [-0.4, -0.2) is 42.2 Å². The molecule has 1 fully saturated rings. The number of piperidine rings is 1. The lowest BCUT2D eigenvalue weighted by Crippen LogP contribution is -2.55. The summed E-state index contributed by atoms with van der Waals surface area (Å²) in [6.07, 6.45) is -4.60. The van der Waals surface area contributed by atoms with E-state index in [1.165, 1.54) is 13.8 Å². The van der Waals surface area contributed by atoms with Crippen LogP contribution in [-0.2, 0) is 4.74 Å². The van der Waals surface area contributed by atoms with Crippen LogP contribution in [0.25, 0.3) is 0 Å². The topological polar surface area (TPSA) is 41.5 Å².